The molecule has 310 valence electrons. The number of ether oxygens (including phenoxy) is 3. The van der Waals surface area contributed by atoms with Crippen LogP contribution in [0, 0.1) is 0 Å². The summed E-state index contributed by atoms with van der Waals surface area (Å²) in [6, 6.07) is 12.1. The lowest BCUT2D eigenvalue weighted by molar-refractivity contribution is -0.323. The fourth-order valence-corrected chi connectivity index (χ4v) is 7.90. The smallest absolute Gasteiger partial charge is 0.242 e. The van der Waals surface area contributed by atoms with Gasteiger partial charge in [-0.15, -0.1) is 0 Å². The number of amides is 1. The van der Waals surface area contributed by atoms with E-state index in [0.717, 1.165) is 0 Å². The van der Waals surface area contributed by atoms with Crippen LogP contribution in [0.15, 0.2) is 48.5 Å². The van der Waals surface area contributed by atoms with E-state index in [-0.39, 0.29) is 59.0 Å². The van der Waals surface area contributed by atoms with Gasteiger partial charge in [0, 0.05) is 53.8 Å². The number of fused-ring (bicyclic) bond motifs is 3. The fourth-order valence-electron chi connectivity index (χ4n) is 7.90. The van der Waals surface area contributed by atoms with Gasteiger partial charge in [0.15, 0.2) is 28.7 Å². The van der Waals surface area contributed by atoms with Crippen molar-refractivity contribution in [2.75, 3.05) is 31.4 Å². The number of carbonyl (C=O) groups excluding carboxylic acids is 4. The summed E-state index contributed by atoms with van der Waals surface area (Å²) in [7, 11) is 0. The minimum absolute atomic E-state index is 0.0321. The van der Waals surface area contributed by atoms with Crippen LogP contribution in [-0.2, 0) is 27.4 Å². The molecule has 3 aromatic rings. The van der Waals surface area contributed by atoms with Gasteiger partial charge in [0.1, 0.15) is 49.7 Å². The van der Waals surface area contributed by atoms with Gasteiger partial charge in [0.2, 0.25) is 12.2 Å². The molecule has 0 saturated carbocycles. The Morgan fingerprint density at radius 2 is 1.78 bits per heavy atom. The van der Waals surface area contributed by atoms with E-state index in [9.17, 15) is 54.9 Å². The molecule has 0 spiro atoms. The fraction of sp³-hybridized carbons (Fsp3) is 0.436. The Morgan fingerprint density at radius 1 is 1.00 bits per heavy atom. The van der Waals surface area contributed by atoms with Crippen molar-refractivity contribution in [3.05, 3.63) is 87.5 Å². The number of benzene rings is 3. The maximum Gasteiger partial charge on any atom is 0.242 e. The zero-order chi connectivity index (χ0) is 41.5. The van der Waals surface area contributed by atoms with Crippen LogP contribution >= 0.6 is 0 Å². The molecule has 3 saturated heterocycles. The molecule has 4 aliphatic rings. The van der Waals surface area contributed by atoms with E-state index in [1.165, 1.54) is 24.3 Å². The molecule has 19 nitrogen and oxygen atoms in total. The SMILES string of the molecule is NC1NC(=O)C2NCN(c3ccccc3Cc3cc4c(c(OCC(O)CC=O)c3OC3OC(CO)C(O)C(O)C3(O)CCO)C(=O)c3cc(CO)ccc3C4=O)C2N1. The Hall–Kier alpha value is -4.90. The van der Waals surface area contributed by atoms with Crippen LogP contribution in [0.4, 0.5) is 5.69 Å². The van der Waals surface area contributed by atoms with E-state index in [0.29, 0.717) is 23.1 Å². The average Bonchev–Trinajstić information content (AvgIpc) is 3.64. The molecule has 7 rings (SSSR count). The molecule has 3 heterocycles. The Morgan fingerprint density at radius 3 is 2.50 bits per heavy atom. The molecule has 1 aliphatic carbocycles. The number of ketones is 2. The van der Waals surface area contributed by atoms with Gasteiger partial charge >= 0.3 is 0 Å². The van der Waals surface area contributed by atoms with Crippen molar-refractivity contribution in [1.29, 1.82) is 0 Å². The second-order valence-electron chi connectivity index (χ2n) is 14.6. The van der Waals surface area contributed by atoms with Crippen LogP contribution < -0.4 is 36.1 Å². The molecule has 58 heavy (non-hydrogen) atoms. The van der Waals surface area contributed by atoms with E-state index in [2.05, 4.69) is 16.0 Å². The first-order chi connectivity index (χ1) is 27.8. The summed E-state index contributed by atoms with van der Waals surface area (Å²) >= 11 is 0. The Kier molecular flexibility index (Phi) is 11.9. The van der Waals surface area contributed by atoms with E-state index in [1.807, 2.05) is 4.90 Å². The van der Waals surface area contributed by atoms with Crippen molar-refractivity contribution in [3.8, 4) is 11.5 Å². The summed E-state index contributed by atoms with van der Waals surface area (Å²) in [5.74, 6) is -2.39. The van der Waals surface area contributed by atoms with Crippen LogP contribution in [0.3, 0.4) is 0 Å². The van der Waals surface area contributed by atoms with Crippen LogP contribution in [-0.4, -0.2) is 141 Å². The maximum absolute atomic E-state index is 14.5. The van der Waals surface area contributed by atoms with E-state index >= 15 is 0 Å². The highest BCUT2D eigenvalue weighted by atomic mass is 16.7. The summed E-state index contributed by atoms with van der Waals surface area (Å²) < 4.78 is 18.4. The van der Waals surface area contributed by atoms with Gasteiger partial charge in [-0.3, -0.25) is 30.8 Å². The van der Waals surface area contributed by atoms with Gasteiger partial charge in [-0.25, -0.2) is 0 Å². The van der Waals surface area contributed by atoms with Crippen LogP contribution in [0.2, 0.25) is 0 Å². The summed E-state index contributed by atoms with van der Waals surface area (Å²) in [5, 5.41) is 83.2. The Balaban J connectivity index is 1.43. The monoisotopic (exact) mass is 807 g/mol. The molecule has 0 aromatic heterocycles. The number of anilines is 1. The van der Waals surface area contributed by atoms with Gasteiger partial charge in [0.05, 0.1) is 31.5 Å². The molecule has 0 radical (unpaired) electrons. The van der Waals surface area contributed by atoms with Crippen molar-refractivity contribution >= 4 is 29.4 Å². The molecule has 19 heteroatoms. The molecule has 9 atom stereocenters. The number of rotatable bonds is 14. The first-order valence-corrected chi connectivity index (χ1v) is 18.6. The topological polar surface area (TPSA) is 303 Å². The lowest BCUT2D eigenvalue weighted by atomic mass is 9.81. The van der Waals surface area contributed by atoms with Crippen LogP contribution in [0.25, 0.3) is 0 Å². The highest BCUT2D eigenvalue weighted by Crippen LogP contribution is 2.46. The number of para-hydroxylation sites is 1. The third-order valence-electron chi connectivity index (χ3n) is 10.9. The highest BCUT2D eigenvalue weighted by Gasteiger charge is 2.56. The third-order valence-corrected chi connectivity index (χ3v) is 10.9. The summed E-state index contributed by atoms with van der Waals surface area (Å²) in [4.78, 5) is 54.8. The lowest BCUT2D eigenvalue weighted by Gasteiger charge is -2.47. The van der Waals surface area contributed by atoms with Gasteiger partial charge in [-0.1, -0.05) is 24.3 Å². The van der Waals surface area contributed by atoms with Crippen molar-refractivity contribution in [2.24, 2.45) is 5.73 Å². The predicted molar refractivity (Wildman–Crippen MR) is 199 cm³/mol. The molecule has 3 aliphatic heterocycles. The zero-order valence-electron chi connectivity index (χ0n) is 31.0. The average molecular weight is 808 g/mol. The number of carbonyl (C=O) groups is 4. The first-order valence-electron chi connectivity index (χ1n) is 18.6. The Bertz CT molecular complexity index is 2090. The van der Waals surface area contributed by atoms with Crippen LogP contribution in [0.1, 0.15) is 61.4 Å². The minimum atomic E-state index is -2.54. The first kappa shape index (κ1) is 41.3. The van der Waals surface area contributed by atoms with Gasteiger partial charge < -0.3 is 65.0 Å². The maximum atomic E-state index is 14.5. The van der Waals surface area contributed by atoms with Gasteiger partial charge in [0.25, 0.3) is 0 Å². The predicted octanol–water partition coefficient (Wildman–Crippen LogP) is -3.17. The number of hydrogen-bond acceptors (Lipinski definition) is 18. The van der Waals surface area contributed by atoms with E-state index in [4.69, 9.17) is 19.9 Å². The summed E-state index contributed by atoms with van der Waals surface area (Å²) in [6.07, 6.45) is -10.8. The minimum Gasteiger partial charge on any atom is -0.486 e. The number of aliphatic hydroxyl groups excluding tert-OH is 6. The highest BCUT2D eigenvalue weighted by molar-refractivity contribution is 6.29. The largest absolute Gasteiger partial charge is 0.486 e. The zero-order valence-corrected chi connectivity index (χ0v) is 31.0. The van der Waals surface area contributed by atoms with Crippen molar-refractivity contribution in [1.82, 2.24) is 16.0 Å². The van der Waals surface area contributed by atoms with Gasteiger partial charge in [-0.2, -0.15) is 0 Å². The molecule has 0 bridgehead atoms. The summed E-state index contributed by atoms with van der Waals surface area (Å²) in [5.41, 5.74) is 4.70. The number of hydrogen-bond donors (Lipinski definition) is 11. The van der Waals surface area contributed by atoms with Crippen molar-refractivity contribution < 1.29 is 69.1 Å². The molecular weight excluding hydrogens is 762 g/mol. The number of nitrogens with one attached hydrogen (secondary N) is 3. The molecule has 1 amide bonds. The van der Waals surface area contributed by atoms with Crippen molar-refractivity contribution in [2.45, 2.75) is 80.7 Å². The van der Waals surface area contributed by atoms with E-state index < -0.39 is 105 Å². The van der Waals surface area contributed by atoms with Crippen LogP contribution in [0.5, 0.6) is 11.5 Å². The summed E-state index contributed by atoms with van der Waals surface area (Å²) in [6.45, 7) is -2.40. The molecule has 3 fully saturated rings. The molecule has 9 unspecified atom stereocenters. The number of aliphatic hydroxyl groups is 7. The quantitative estimate of drug-likeness (QED) is 0.0560. The molecule has 3 aromatic carbocycles. The number of aldehydes is 1. The standard InChI is InChI=1S/C39H45N5O14/c40-38-42-35-28(36(54)43-38)41-17-44(35)25-4-2-1-3-19(25)12-20-13-24-27(30(51)23-11-18(14-47)5-6-22(23)29(24)50)33(56-16-21(49)7-9-45)32(20)58-37-39(55,8-10-46)34(53)31(52)26(15-48)57-37/h1-6,9,11,13,21,26,28,31,34-35,37-38,41-42,46-49,52-53,55H,7-8,10,12,14-17,40H2,(H,43,54). The molecular formula is C39H45N5O14. The van der Waals surface area contributed by atoms with E-state index in [1.54, 1.807) is 24.3 Å². The second-order valence-corrected chi connectivity index (χ2v) is 14.6. The number of nitrogens with zero attached hydrogens (tertiary/aromatic N) is 1. The van der Waals surface area contributed by atoms with Gasteiger partial charge in [-0.05, 0) is 35.4 Å². The Labute approximate surface area is 330 Å². The molecule has 12 N–H and O–H groups in total. The number of nitrogens with two attached hydrogens (primary N) is 1. The second kappa shape index (κ2) is 16.8. The third kappa shape index (κ3) is 7.35. The normalized spacial score (nSPS) is 28.3. The lowest BCUT2D eigenvalue weighted by Crippen LogP contribution is -2.70. The van der Waals surface area contributed by atoms with Crippen molar-refractivity contribution in [3.63, 3.8) is 0 Å².